The van der Waals surface area contributed by atoms with Gasteiger partial charge in [-0.25, -0.2) is 4.39 Å². The summed E-state index contributed by atoms with van der Waals surface area (Å²) in [5.74, 6) is -0.0708. The normalized spacial score (nSPS) is 15.0. The zero-order chi connectivity index (χ0) is 23.4. The number of rotatable bonds is 8. The number of hydrogen-bond acceptors (Lipinski definition) is 8. The van der Waals surface area contributed by atoms with Crippen LogP contribution >= 0.6 is 23.5 Å². The van der Waals surface area contributed by atoms with Gasteiger partial charge < -0.3 is 14.3 Å². The zero-order valence-electron chi connectivity index (χ0n) is 17.4. The van der Waals surface area contributed by atoms with Crippen LogP contribution in [0.5, 0.6) is 0 Å². The lowest BCUT2D eigenvalue weighted by Crippen LogP contribution is -2.37. The average molecular weight is 488 g/mol. The summed E-state index contributed by atoms with van der Waals surface area (Å²) in [6, 6.07) is 9.50. The minimum Gasteiger partial charge on any atom is -0.461 e. The number of thioether (sulfide) groups is 2. The van der Waals surface area contributed by atoms with Crippen molar-refractivity contribution < 1.29 is 23.2 Å². The largest absolute Gasteiger partial charge is 0.461 e. The molecule has 9 nitrogen and oxygen atoms in total. The Morgan fingerprint density at radius 1 is 1.24 bits per heavy atom. The summed E-state index contributed by atoms with van der Waals surface area (Å²) in [5, 5.41) is 10.9. The van der Waals surface area contributed by atoms with E-state index in [2.05, 4.69) is 15.5 Å². The van der Waals surface area contributed by atoms with Crippen molar-refractivity contribution in [1.29, 1.82) is 0 Å². The Hall–Kier alpha value is -3.38. The fraction of sp³-hybridized carbons (Fsp3) is 0.190. The van der Waals surface area contributed by atoms with E-state index in [0.29, 0.717) is 16.7 Å². The summed E-state index contributed by atoms with van der Waals surface area (Å²) in [6.45, 7) is 0.114. The highest BCUT2D eigenvalue weighted by Crippen LogP contribution is 2.32. The van der Waals surface area contributed by atoms with Crippen LogP contribution in [0.2, 0.25) is 0 Å². The van der Waals surface area contributed by atoms with E-state index in [-0.39, 0.29) is 35.2 Å². The Labute approximate surface area is 196 Å². The molecule has 3 aromatic rings. The number of hydrogen-bond donors (Lipinski definition) is 1. The Bertz CT molecular complexity index is 1230. The molecule has 1 fully saturated rings. The minimum absolute atomic E-state index is 0.0162. The van der Waals surface area contributed by atoms with E-state index in [1.165, 1.54) is 36.2 Å². The molecule has 0 spiro atoms. The number of carbonyl (C=O) groups excluding carboxylic acids is 3. The van der Waals surface area contributed by atoms with E-state index in [0.717, 1.165) is 16.7 Å². The maximum absolute atomic E-state index is 13.8. The molecule has 0 unspecified atom stereocenters. The molecular weight excluding hydrogens is 469 g/mol. The van der Waals surface area contributed by atoms with Gasteiger partial charge in [0.2, 0.25) is 5.91 Å². The molecule has 3 amide bonds. The van der Waals surface area contributed by atoms with E-state index in [1.54, 1.807) is 35.9 Å². The molecule has 1 saturated heterocycles. The van der Waals surface area contributed by atoms with Gasteiger partial charge in [0.15, 0.2) is 16.7 Å². The molecule has 1 N–H and O–H groups in total. The lowest BCUT2D eigenvalue weighted by atomic mass is 10.2. The van der Waals surface area contributed by atoms with Gasteiger partial charge in [-0.2, -0.15) is 0 Å². The lowest BCUT2D eigenvalue weighted by molar-refractivity contribution is -0.123. The number of amides is 3. The smallest absolute Gasteiger partial charge is 0.293 e. The van der Waals surface area contributed by atoms with Crippen LogP contribution in [0.25, 0.3) is 17.7 Å². The molecule has 0 atom stereocenters. The summed E-state index contributed by atoms with van der Waals surface area (Å²) >= 11 is 1.94. The van der Waals surface area contributed by atoms with Crippen LogP contribution in [0, 0.1) is 5.82 Å². The monoisotopic (exact) mass is 487 g/mol. The lowest BCUT2D eigenvalue weighted by Gasteiger charge is -2.12. The predicted octanol–water partition coefficient (Wildman–Crippen LogP) is 3.16. The number of nitrogens with zero attached hydrogens (tertiary/aromatic N) is 4. The van der Waals surface area contributed by atoms with E-state index in [1.807, 2.05) is 0 Å². The molecule has 2 aromatic heterocycles. The molecule has 0 radical (unpaired) electrons. The van der Waals surface area contributed by atoms with E-state index >= 15 is 0 Å². The molecule has 1 aliphatic rings. The van der Waals surface area contributed by atoms with E-state index in [4.69, 9.17) is 4.42 Å². The highest BCUT2D eigenvalue weighted by molar-refractivity contribution is 8.18. The highest BCUT2D eigenvalue weighted by atomic mass is 32.2. The second-order valence-electron chi connectivity index (χ2n) is 6.84. The number of furan rings is 1. The van der Waals surface area contributed by atoms with Crippen molar-refractivity contribution in [2.45, 2.75) is 5.16 Å². The minimum atomic E-state index is -0.513. The summed E-state index contributed by atoms with van der Waals surface area (Å²) in [7, 11) is 1.77. The first kappa shape index (κ1) is 22.8. The highest BCUT2D eigenvalue weighted by Gasteiger charge is 2.34. The molecule has 3 heterocycles. The van der Waals surface area contributed by atoms with Gasteiger partial charge in [0, 0.05) is 25.7 Å². The first-order chi connectivity index (χ1) is 15.9. The number of benzene rings is 1. The number of carbonyl (C=O) groups is 3. The molecule has 0 aliphatic carbocycles. The van der Waals surface area contributed by atoms with Crippen LogP contribution in [0.4, 0.5) is 9.18 Å². The SMILES string of the molecule is Cn1c(SCC(=O)NCCN2C(=O)S/C(=C\c3ccccc3F)C2=O)nnc1-c1ccco1. The summed E-state index contributed by atoms with van der Waals surface area (Å²) in [4.78, 5) is 38.1. The van der Waals surface area contributed by atoms with Crippen LogP contribution in [0.15, 0.2) is 57.1 Å². The number of aromatic nitrogens is 3. The van der Waals surface area contributed by atoms with Gasteiger partial charge >= 0.3 is 0 Å². The first-order valence-corrected chi connectivity index (χ1v) is 11.6. The predicted molar refractivity (Wildman–Crippen MR) is 122 cm³/mol. The third kappa shape index (κ3) is 5.17. The average Bonchev–Trinajstić information content (AvgIpc) is 3.50. The van der Waals surface area contributed by atoms with Crippen molar-refractivity contribution in [2.75, 3.05) is 18.8 Å². The maximum Gasteiger partial charge on any atom is 0.293 e. The van der Waals surface area contributed by atoms with Crippen LogP contribution in [-0.2, 0) is 16.6 Å². The van der Waals surface area contributed by atoms with Crippen molar-refractivity contribution in [2.24, 2.45) is 7.05 Å². The molecule has 4 rings (SSSR count). The van der Waals surface area contributed by atoms with Gasteiger partial charge in [0.1, 0.15) is 5.82 Å². The second-order valence-corrected chi connectivity index (χ2v) is 8.77. The van der Waals surface area contributed by atoms with Gasteiger partial charge in [-0.05, 0) is 36.0 Å². The quantitative estimate of drug-likeness (QED) is 0.381. The summed E-state index contributed by atoms with van der Waals surface area (Å²) in [6.07, 6.45) is 2.89. The molecule has 12 heteroatoms. The van der Waals surface area contributed by atoms with Crippen molar-refractivity contribution in [3.05, 3.63) is 58.9 Å². The summed E-state index contributed by atoms with van der Waals surface area (Å²) in [5.41, 5.74) is 0.229. The van der Waals surface area contributed by atoms with E-state index < -0.39 is 17.0 Å². The molecule has 0 saturated carbocycles. The Balaban J connectivity index is 1.26. The standard InChI is InChI=1S/C21H18FN5O4S2/c1-26-18(15-7-4-10-31-15)24-25-20(26)32-12-17(28)23-8-9-27-19(29)16(33-21(27)30)11-13-5-2-3-6-14(13)22/h2-7,10-11H,8-9,12H2,1H3,(H,23,28)/b16-11-. The third-order valence-corrected chi connectivity index (χ3v) is 6.56. The van der Waals surface area contributed by atoms with Crippen molar-refractivity contribution in [3.63, 3.8) is 0 Å². The van der Waals surface area contributed by atoms with Crippen LogP contribution in [0.3, 0.4) is 0 Å². The van der Waals surface area contributed by atoms with Gasteiger partial charge in [0.05, 0.1) is 16.9 Å². The molecule has 33 heavy (non-hydrogen) atoms. The van der Waals surface area contributed by atoms with Crippen molar-refractivity contribution >= 4 is 46.7 Å². The molecule has 1 aromatic carbocycles. The Morgan fingerprint density at radius 3 is 2.82 bits per heavy atom. The van der Waals surface area contributed by atoms with Crippen LogP contribution in [-0.4, -0.2) is 55.6 Å². The fourth-order valence-corrected chi connectivity index (χ4v) is 4.57. The number of halogens is 1. The van der Waals surface area contributed by atoms with Crippen molar-refractivity contribution in [3.8, 4) is 11.6 Å². The third-order valence-electron chi connectivity index (χ3n) is 4.63. The van der Waals surface area contributed by atoms with Crippen LogP contribution in [0.1, 0.15) is 5.56 Å². The molecule has 170 valence electrons. The first-order valence-electron chi connectivity index (χ1n) is 9.76. The zero-order valence-corrected chi connectivity index (χ0v) is 19.0. The van der Waals surface area contributed by atoms with Gasteiger partial charge in [0.25, 0.3) is 11.1 Å². The number of nitrogens with one attached hydrogen (secondary N) is 1. The second kappa shape index (κ2) is 10.0. The summed E-state index contributed by atoms with van der Waals surface area (Å²) < 4.78 is 20.9. The molecule has 1 aliphatic heterocycles. The molecule has 0 bridgehead atoms. The maximum atomic E-state index is 13.8. The topological polar surface area (TPSA) is 110 Å². The Kier molecular flexibility index (Phi) is 6.94. The van der Waals surface area contributed by atoms with Gasteiger partial charge in [-0.1, -0.05) is 30.0 Å². The molecular formula is C21H18FN5O4S2. The van der Waals surface area contributed by atoms with Gasteiger partial charge in [-0.15, -0.1) is 10.2 Å². The fourth-order valence-electron chi connectivity index (χ4n) is 2.98. The van der Waals surface area contributed by atoms with E-state index in [9.17, 15) is 18.8 Å². The Morgan fingerprint density at radius 2 is 2.06 bits per heavy atom. The van der Waals surface area contributed by atoms with Gasteiger partial charge in [-0.3, -0.25) is 19.3 Å². The van der Waals surface area contributed by atoms with Crippen molar-refractivity contribution in [1.82, 2.24) is 25.0 Å². The van der Waals surface area contributed by atoms with Crippen LogP contribution < -0.4 is 5.32 Å². The number of imide groups is 1.